The summed E-state index contributed by atoms with van der Waals surface area (Å²) >= 11 is 3.54. The minimum atomic E-state index is 0.579. The number of aryl methyl sites for hydroxylation is 1. The number of fused-ring (bicyclic) bond motifs is 3. The Morgan fingerprint density at radius 3 is 2.35 bits per heavy atom. The van der Waals surface area contributed by atoms with E-state index in [1.165, 1.54) is 22.3 Å². The van der Waals surface area contributed by atoms with Gasteiger partial charge in [0.15, 0.2) is 0 Å². The molecule has 0 bridgehead atoms. The van der Waals surface area contributed by atoms with Gasteiger partial charge >= 0.3 is 0 Å². The molecule has 0 amide bonds. The summed E-state index contributed by atoms with van der Waals surface area (Å²) in [5.41, 5.74) is 7.03. The SMILES string of the molecule is CCO/N=C1\c2cc(Br)ccc2-c2ccc(CC)cc21. The van der Waals surface area contributed by atoms with Crippen molar-refractivity contribution in [3.05, 3.63) is 57.6 Å². The van der Waals surface area contributed by atoms with Crippen LogP contribution in [0.4, 0.5) is 0 Å². The number of nitrogens with zero attached hydrogens (tertiary/aromatic N) is 1. The number of hydrogen-bond acceptors (Lipinski definition) is 2. The first-order valence-corrected chi connectivity index (χ1v) is 7.67. The standard InChI is InChI=1S/C17H16BrNO/c1-3-11-5-7-13-14-8-6-12(18)10-16(14)17(15(13)9-11)19-20-4-2/h5-10H,3-4H2,1-2H3/b19-17-. The maximum atomic E-state index is 5.32. The molecular weight excluding hydrogens is 314 g/mol. The summed E-state index contributed by atoms with van der Waals surface area (Å²) in [5.74, 6) is 0. The second-order valence-corrected chi connectivity index (χ2v) is 5.70. The molecule has 0 aliphatic heterocycles. The van der Waals surface area contributed by atoms with Gasteiger partial charge in [-0.2, -0.15) is 0 Å². The van der Waals surface area contributed by atoms with Gasteiger partial charge in [0, 0.05) is 15.6 Å². The van der Waals surface area contributed by atoms with E-state index in [4.69, 9.17) is 4.84 Å². The van der Waals surface area contributed by atoms with E-state index in [9.17, 15) is 0 Å². The predicted molar refractivity (Wildman–Crippen MR) is 86.2 cm³/mol. The van der Waals surface area contributed by atoms with Gasteiger partial charge in [-0.25, -0.2) is 0 Å². The van der Waals surface area contributed by atoms with Gasteiger partial charge < -0.3 is 4.84 Å². The molecule has 1 aliphatic rings. The van der Waals surface area contributed by atoms with Crippen LogP contribution in [0.3, 0.4) is 0 Å². The third-order valence-electron chi connectivity index (χ3n) is 3.56. The highest BCUT2D eigenvalue weighted by Gasteiger charge is 2.25. The Labute approximate surface area is 127 Å². The lowest BCUT2D eigenvalue weighted by Gasteiger charge is -2.04. The van der Waals surface area contributed by atoms with Crippen LogP contribution in [-0.4, -0.2) is 12.3 Å². The van der Waals surface area contributed by atoms with E-state index < -0.39 is 0 Å². The van der Waals surface area contributed by atoms with Crippen molar-refractivity contribution in [2.45, 2.75) is 20.3 Å². The third kappa shape index (κ3) is 2.16. The number of hydrogen-bond donors (Lipinski definition) is 0. The summed E-state index contributed by atoms with van der Waals surface area (Å²) < 4.78 is 1.06. The molecule has 0 saturated carbocycles. The molecule has 3 heteroatoms. The summed E-state index contributed by atoms with van der Waals surface area (Å²) in [6.45, 7) is 4.69. The number of halogens is 1. The predicted octanol–water partition coefficient (Wildman–Crippen LogP) is 4.78. The lowest BCUT2D eigenvalue weighted by Crippen LogP contribution is -2.00. The van der Waals surface area contributed by atoms with Gasteiger partial charge in [-0.1, -0.05) is 46.2 Å². The van der Waals surface area contributed by atoms with Crippen LogP contribution >= 0.6 is 15.9 Å². The summed E-state index contributed by atoms with van der Waals surface area (Å²) in [6, 6.07) is 12.9. The summed E-state index contributed by atoms with van der Waals surface area (Å²) in [7, 11) is 0. The van der Waals surface area contributed by atoms with Crippen molar-refractivity contribution in [3.8, 4) is 11.1 Å². The van der Waals surface area contributed by atoms with Crippen LogP contribution in [0.2, 0.25) is 0 Å². The molecule has 0 N–H and O–H groups in total. The molecule has 3 rings (SSSR count). The van der Waals surface area contributed by atoms with Crippen LogP contribution in [0.1, 0.15) is 30.5 Å². The molecule has 0 fully saturated rings. The molecule has 0 atom stereocenters. The maximum Gasteiger partial charge on any atom is 0.118 e. The summed E-state index contributed by atoms with van der Waals surface area (Å²) in [4.78, 5) is 5.32. The molecule has 0 heterocycles. The van der Waals surface area contributed by atoms with Gasteiger partial charge in [-0.05, 0) is 48.2 Å². The zero-order chi connectivity index (χ0) is 14.1. The van der Waals surface area contributed by atoms with Crippen LogP contribution in [0, 0.1) is 0 Å². The Balaban J connectivity index is 2.23. The van der Waals surface area contributed by atoms with Gasteiger partial charge in [0.2, 0.25) is 0 Å². The minimum Gasteiger partial charge on any atom is -0.396 e. The van der Waals surface area contributed by atoms with E-state index in [-0.39, 0.29) is 0 Å². The van der Waals surface area contributed by atoms with Gasteiger partial charge in [0.05, 0.1) is 0 Å². The highest BCUT2D eigenvalue weighted by molar-refractivity contribution is 9.10. The Hall–Kier alpha value is -1.61. The van der Waals surface area contributed by atoms with E-state index in [2.05, 4.69) is 64.4 Å². The Kier molecular flexibility index (Phi) is 3.62. The highest BCUT2D eigenvalue weighted by atomic mass is 79.9. The first-order valence-electron chi connectivity index (χ1n) is 6.88. The average molecular weight is 330 g/mol. The van der Waals surface area contributed by atoms with Gasteiger partial charge in [0.25, 0.3) is 0 Å². The fourth-order valence-electron chi connectivity index (χ4n) is 2.56. The normalized spacial score (nSPS) is 14.2. The fourth-order valence-corrected chi connectivity index (χ4v) is 2.92. The van der Waals surface area contributed by atoms with E-state index in [0.29, 0.717) is 6.61 Å². The summed E-state index contributed by atoms with van der Waals surface area (Å²) in [5, 5.41) is 4.34. The first-order chi connectivity index (χ1) is 9.74. The van der Waals surface area contributed by atoms with E-state index in [1.807, 2.05) is 6.92 Å². The van der Waals surface area contributed by atoms with E-state index in [0.717, 1.165) is 22.2 Å². The van der Waals surface area contributed by atoms with Crippen molar-refractivity contribution in [1.82, 2.24) is 0 Å². The molecule has 102 valence electrons. The Morgan fingerprint density at radius 1 is 0.950 bits per heavy atom. The molecule has 0 radical (unpaired) electrons. The van der Waals surface area contributed by atoms with Gasteiger partial charge in [-0.15, -0.1) is 0 Å². The zero-order valence-corrected chi connectivity index (χ0v) is 13.2. The Bertz CT molecular complexity index is 691. The second-order valence-electron chi connectivity index (χ2n) is 4.78. The highest BCUT2D eigenvalue weighted by Crippen LogP contribution is 2.38. The summed E-state index contributed by atoms with van der Waals surface area (Å²) in [6.07, 6.45) is 1.02. The monoisotopic (exact) mass is 329 g/mol. The molecule has 0 aromatic heterocycles. The Morgan fingerprint density at radius 2 is 1.65 bits per heavy atom. The molecule has 0 saturated heterocycles. The lowest BCUT2D eigenvalue weighted by molar-refractivity contribution is 0.159. The average Bonchev–Trinajstić information content (AvgIpc) is 2.77. The molecule has 20 heavy (non-hydrogen) atoms. The lowest BCUT2D eigenvalue weighted by atomic mass is 10.0. The van der Waals surface area contributed by atoms with Crippen LogP contribution < -0.4 is 0 Å². The first kappa shape index (κ1) is 13.4. The van der Waals surface area contributed by atoms with Crippen LogP contribution in [0.25, 0.3) is 11.1 Å². The second kappa shape index (κ2) is 5.41. The zero-order valence-electron chi connectivity index (χ0n) is 11.6. The largest absolute Gasteiger partial charge is 0.396 e. The van der Waals surface area contributed by atoms with Crippen LogP contribution in [0.15, 0.2) is 46.0 Å². The molecule has 1 aliphatic carbocycles. The minimum absolute atomic E-state index is 0.579. The fraction of sp³-hybridized carbons (Fsp3) is 0.235. The van der Waals surface area contributed by atoms with Crippen molar-refractivity contribution in [2.75, 3.05) is 6.61 Å². The quantitative estimate of drug-likeness (QED) is 0.633. The van der Waals surface area contributed by atoms with E-state index in [1.54, 1.807) is 0 Å². The number of benzene rings is 2. The third-order valence-corrected chi connectivity index (χ3v) is 4.05. The van der Waals surface area contributed by atoms with Crippen LogP contribution in [-0.2, 0) is 11.3 Å². The van der Waals surface area contributed by atoms with Gasteiger partial charge in [0.1, 0.15) is 12.3 Å². The molecular formula is C17H16BrNO. The maximum absolute atomic E-state index is 5.32. The number of rotatable bonds is 3. The van der Waals surface area contributed by atoms with Gasteiger partial charge in [-0.3, -0.25) is 0 Å². The molecule has 2 nitrogen and oxygen atoms in total. The molecule has 2 aromatic rings. The van der Waals surface area contributed by atoms with Crippen molar-refractivity contribution < 1.29 is 4.84 Å². The number of oxime groups is 1. The molecule has 0 unspecified atom stereocenters. The topological polar surface area (TPSA) is 21.6 Å². The van der Waals surface area contributed by atoms with Crippen molar-refractivity contribution in [1.29, 1.82) is 0 Å². The molecule has 0 spiro atoms. The van der Waals surface area contributed by atoms with Crippen molar-refractivity contribution in [2.24, 2.45) is 5.16 Å². The molecule has 2 aromatic carbocycles. The van der Waals surface area contributed by atoms with Crippen molar-refractivity contribution >= 4 is 21.6 Å². The smallest absolute Gasteiger partial charge is 0.118 e. The van der Waals surface area contributed by atoms with Crippen LogP contribution in [0.5, 0.6) is 0 Å². The van der Waals surface area contributed by atoms with Crippen molar-refractivity contribution in [3.63, 3.8) is 0 Å². The van der Waals surface area contributed by atoms with E-state index >= 15 is 0 Å².